The predicted octanol–water partition coefficient (Wildman–Crippen LogP) is 1.83. The van der Waals surface area contributed by atoms with E-state index >= 15 is 0 Å². The number of likely N-dealkylation sites (tertiary alicyclic amines) is 1. The van der Waals surface area contributed by atoms with Crippen molar-refractivity contribution in [3.63, 3.8) is 0 Å². The molecule has 2 fully saturated rings. The Bertz CT molecular complexity index is 577. The molecule has 0 aromatic heterocycles. The van der Waals surface area contributed by atoms with Gasteiger partial charge in [0.15, 0.2) is 0 Å². The van der Waals surface area contributed by atoms with Crippen molar-refractivity contribution in [3.05, 3.63) is 0 Å². The summed E-state index contributed by atoms with van der Waals surface area (Å²) in [5.74, 6) is -0.354. The maximum absolute atomic E-state index is 12.9. The first-order chi connectivity index (χ1) is 11.3. The standard InChI is InChI=1S/C19H33N3O3/c1-12(2)20-15(24)19(11-18(19,6)7)21-14(23)13-9-8-10-22(13)16(25)17(3,4)5/h12-13H,8-11H2,1-7H3,(H,20,24)(H,21,23)/t13-,19-/m0/s1. The monoisotopic (exact) mass is 351 g/mol. The third-order valence-electron chi connectivity index (χ3n) is 5.34. The van der Waals surface area contributed by atoms with Gasteiger partial charge < -0.3 is 15.5 Å². The van der Waals surface area contributed by atoms with Crippen molar-refractivity contribution in [1.82, 2.24) is 15.5 Å². The van der Waals surface area contributed by atoms with Gasteiger partial charge in [0.25, 0.3) is 0 Å². The Hall–Kier alpha value is -1.59. The molecular weight excluding hydrogens is 318 g/mol. The fraction of sp³-hybridized carbons (Fsp3) is 0.842. The maximum Gasteiger partial charge on any atom is 0.246 e. The molecule has 0 unspecified atom stereocenters. The highest BCUT2D eigenvalue weighted by molar-refractivity contribution is 5.98. The smallest absolute Gasteiger partial charge is 0.246 e. The van der Waals surface area contributed by atoms with E-state index in [1.807, 2.05) is 48.5 Å². The van der Waals surface area contributed by atoms with E-state index in [2.05, 4.69) is 10.6 Å². The summed E-state index contributed by atoms with van der Waals surface area (Å²) in [4.78, 5) is 39.9. The average molecular weight is 351 g/mol. The van der Waals surface area contributed by atoms with Gasteiger partial charge in [-0.05, 0) is 38.5 Å². The molecule has 0 aromatic carbocycles. The molecular formula is C19H33N3O3. The van der Waals surface area contributed by atoms with Gasteiger partial charge in [0.2, 0.25) is 17.7 Å². The van der Waals surface area contributed by atoms with Gasteiger partial charge in [-0.1, -0.05) is 34.6 Å². The first-order valence-corrected chi connectivity index (χ1v) is 9.26. The molecule has 3 amide bonds. The van der Waals surface area contributed by atoms with E-state index in [0.29, 0.717) is 19.4 Å². The van der Waals surface area contributed by atoms with Crippen molar-refractivity contribution in [3.8, 4) is 0 Å². The molecule has 1 heterocycles. The maximum atomic E-state index is 12.9. The van der Waals surface area contributed by atoms with E-state index in [0.717, 1.165) is 6.42 Å². The third kappa shape index (κ3) is 3.67. The molecule has 6 heteroatoms. The van der Waals surface area contributed by atoms with Gasteiger partial charge in [-0.3, -0.25) is 14.4 Å². The molecule has 1 saturated carbocycles. The van der Waals surface area contributed by atoms with Crippen LogP contribution < -0.4 is 10.6 Å². The Balaban J connectivity index is 2.14. The number of nitrogens with zero attached hydrogens (tertiary/aromatic N) is 1. The fourth-order valence-electron chi connectivity index (χ4n) is 3.67. The SMILES string of the molecule is CC(C)NC(=O)[C@@]1(NC(=O)[C@@H]2CCCN2C(=O)C(C)(C)C)CC1(C)C. The number of amides is 3. The molecule has 1 aliphatic carbocycles. The number of hydrogen-bond donors (Lipinski definition) is 2. The number of nitrogens with one attached hydrogen (secondary N) is 2. The lowest BCUT2D eigenvalue weighted by Crippen LogP contribution is -2.58. The largest absolute Gasteiger partial charge is 0.352 e. The molecule has 6 nitrogen and oxygen atoms in total. The first-order valence-electron chi connectivity index (χ1n) is 9.26. The second-order valence-electron chi connectivity index (χ2n) is 9.49. The summed E-state index contributed by atoms with van der Waals surface area (Å²) in [5, 5.41) is 5.92. The summed E-state index contributed by atoms with van der Waals surface area (Å²) < 4.78 is 0. The molecule has 1 aliphatic heterocycles. The van der Waals surface area contributed by atoms with Gasteiger partial charge in [-0.25, -0.2) is 0 Å². The molecule has 0 spiro atoms. The second-order valence-corrected chi connectivity index (χ2v) is 9.49. The van der Waals surface area contributed by atoms with Crippen LogP contribution in [0.15, 0.2) is 0 Å². The molecule has 0 aromatic rings. The lowest BCUT2D eigenvalue weighted by molar-refractivity contribution is -0.145. The van der Waals surface area contributed by atoms with Crippen LogP contribution in [-0.2, 0) is 14.4 Å². The Morgan fingerprint density at radius 1 is 1.16 bits per heavy atom. The molecule has 25 heavy (non-hydrogen) atoms. The summed E-state index contributed by atoms with van der Waals surface area (Å²) in [6.07, 6.45) is 2.08. The van der Waals surface area contributed by atoms with Crippen LogP contribution in [-0.4, -0.2) is 46.8 Å². The molecule has 2 rings (SSSR count). The predicted molar refractivity (Wildman–Crippen MR) is 96.7 cm³/mol. The summed E-state index contributed by atoms with van der Waals surface area (Å²) in [6, 6.07) is -0.463. The molecule has 1 saturated heterocycles. The summed E-state index contributed by atoms with van der Waals surface area (Å²) in [7, 11) is 0. The Kier molecular flexibility index (Phi) is 4.96. The van der Waals surface area contributed by atoms with Crippen LogP contribution in [0.3, 0.4) is 0 Å². The second kappa shape index (κ2) is 6.29. The van der Waals surface area contributed by atoms with Crippen molar-refractivity contribution in [2.24, 2.45) is 10.8 Å². The van der Waals surface area contributed by atoms with Gasteiger partial charge >= 0.3 is 0 Å². The van der Waals surface area contributed by atoms with Gasteiger partial charge in [0, 0.05) is 18.0 Å². The molecule has 2 N–H and O–H groups in total. The summed E-state index contributed by atoms with van der Waals surface area (Å²) in [5.41, 5.74) is -1.67. The van der Waals surface area contributed by atoms with Crippen LogP contribution in [0.1, 0.15) is 67.7 Å². The zero-order valence-electron chi connectivity index (χ0n) is 16.7. The van der Waals surface area contributed by atoms with Crippen LogP contribution >= 0.6 is 0 Å². The molecule has 2 aliphatic rings. The minimum Gasteiger partial charge on any atom is -0.352 e. The Morgan fingerprint density at radius 3 is 2.16 bits per heavy atom. The van der Waals surface area contributed by atoms with E-state index in [4.69, 9.17) is 0 Å². The van der Waals surface area contributed by atoms with E-state index in [1.165, 1.54) is 0 Å². The van der Waals surface area contributed by atoms with Gasteiger partial charge in [0.1, 0.15) is 11.6 Å². The van der Waals surface area contributed by atoms with E-state index in [9.17, 15) is 14.4 Å². The highest BCUT2D eigenvalue weighted by atomic mass is 16.2. The van der Waals surface area contributed by atoms with Crippen LogP contribution in [0.2, 0.25) is 0 Å². The fourth-order valence-corrected chi connectivity index (χ4v) is 3.67. The summed E-state index contributed by atoms with van der Waals surface area (Å²) in [6.45, 7) is 14.0. The number of rotatable bonds is 4. The van der Waals surface area contributed by atoms with Gasteiger partial charge in [-0.15, -0.1) is 0 Å². The van der Waals surface area contributed by atoms with Gasteiger partial charge in [-0.2, -0.15) is 0 Å². The van der Waals surface area contributed by atoms with Gasteiger partial charge in [0.05, 0.1) is 0 Å². The highest BCUT2D eigenvalue weighted by Crippen LogP contribution is 2.56. The third-order valence-corrected chi connectivity index (χ3v) is 5.34. The lowest BCUT2D eigenvalue weighted by Gasteiger charge is -2.32. The molecule has 2 atom stereocenters. The molecule has 0 radical (unpaired) electrons. The minimum atomic E-state index is -0.868. The summed E-state index contributed by atoms with van der Waals surface area (Å²) >= 11 is 0. The number of hydrogen-bond acceptors (Lipinski definition) is 3. The van der Waals surface area contributed by atoms with Crippen LogP contribution in [0.5, 0.6) is 0 Å². The van der Waals surface area contributed by atoms with Crippen LogP contribution in [0.25, 0.3) is 0 Å². The van der Waals surface area contributed by atoms with Crippen molar-refractivity contribution >= 4 is 17.7 Å². The normalized spacial score (nSPS) is 28.0. The number of carbonyl (C=O) groups is 3. The zero-order valence-corrected chi connectivity index (χ0v) is 16.7. The van der Waals surface area contributed by atoms with Crippen LogP contribution in [0.4, 0.5) is 0 Å². The molecule has 0 bridgehead atoms. The van der Waals surface area contributed by atoms with Crippen LogP contribution in [0, 0.1) is 10.8 Å². The Labute approximate surface area is 151 Å². The van der Waals surface area contributed by atoms with E-state index < -0.39 is 17.0 Å². The topological polar surface area (TPSA) is 78.5 Å². The quantitative estimate of drug-likeness (QED) is 0.811. The first kappa shape index (κ1) is 19.7. The average Bonchev–Trinajstić information content (AvgIpc) is 2.84. The van der Waals surface area contributed by atoms with E-state index in [1.54, 1.807) is 4.90 Å². The molecule has 142 valence electrons. The Morgan fingerprint density at radius 2 is 1.72 bits per heavy atom. The van der Waals surface area contributed by atoms with Crippen molar-refractivity contribution in [2.75, 3.05) is 6.54 Å². The zero-order chi connectivity index (χ0) is 19.2. The minimum absolute atomic E-state index is 0.0131. The van der Waals surface area contributed by atoms with Crippen molar-refractivity contribution in [1.29, 1.82) is 0 Å². The lowest BCUT2D eigenvalue weighted by atomic mass is 9.94. The van der Waals surface area contributed by atoms with Crippen molar-refractivity contribution in [2.45, 2.75) is 85.4 Å². The van der Waals surface area contributed by atoms with Crippen molar-refractivity contribution < 1.29 is 14.4 Å². The number of carbonyl (C=O) groups excluding carboxylic acids is 3. The highest BCUT2D eigenvalue weighted by Gasteiger charge is 2.67. The van der Waals surface area contributed by atoms with E-state index in [-0.39, 0.29) is 29.2 Å².